The zero-order valence-electron chi connectivity index (χ0n) is 15.6. The fourth-order valence-electron chi connectivity index (χ4n) is 3.36. The monoisotopic (exact) mass is 376 g/mol. The van der Waals surface area contributed by atoms with Gasteiger partial charge in [-0.1, -0.05) is 0 Å². The number of ether oxygens (including phenoxy) is 1. The van der Waals surface area contributed by atoms with E-state index in [0.717, 1.165) is 40.1 Å². The van der Waals surface area contributed by atoms with Crippen LogP contribution in [-0.4, -0.2) is 52.6 Å². The second-order valence-electron chi connectivity index (χ2n) is 6.53. The van der Waals surface area contributed by atoms with Crippen molar-refractivity contribution in [2.75, 3.05) is 19.7 Å². The molecule has 0 atom stereocenters. The van der Waals surface area contributed by atoms with Crippen LogP contribution in [-0.2, 0) is 4.74 Å². The van der Waals surface area contributed by atoms with Gasteiger partial charge in [-0.2, -0.15) is 0 Å². The van der Waals surface area contributed by atoms with Crippen LogP contribution in [0.4, 0.5) is 4.79 Å². The summed E-state index contributed by atoms with van der Waals surface area (Å²) < 4.78 is 5.03. The lowest BCUT2D eigenvalue weighted by Crippen LogP contribution is -2.46. The number of hydrogen-bond donors (Lipinski definition) is 1. The molecular formula is C18H24N4O3S. The fourth-order valence-corrected chi connectivity index (χ4v) is 4.54. The number of nitrogens with one attached hydrogen (secondary N) is 1. The van der Waals surface area contributed by atoms with E-state index in [1.165, 1.54) is 11.3 Å². The number of hydrogen-bond acceptors (Lipinski definition) is 6. The smallest absolute Gasteiger partial charge is 0.409 e. The van der Waals surface area contributed by atoms with Gasteiger partial charge in [0.15, 0.2) is 0 Å². The molecular weight excluding hydrogens is 352 g/mol. The third-order valence-corrected chi connectivity index (χ3v) is 5.83. The van der Waals surface area contributed by atoms with Gasteiger partial charge in [-0.25, -0.2) is 14.8 Å². The Balaban J connectivity index is 1.68. The van der Waals surface area contributed by atoms with E-state index in [2.05, 4.69) is 15.3 Å². The summed E-state index contributed by atoms with van der Waals surface area (Å²) >= 11 is 1.41. The predicted octanol–water partition coefficient (Wildman–Crippen LogP) is 2.97. The Morgan fingerprint density at radius 1 is 1.23 bits per heavy atom. The van der Waals surface area contributed by atoms with Crippen molar-refractivity contribution in [3.8, 4) is 0 Å². The molecule has 140 valence electrons. The van der Waals surface area contributed by atoms with E-state index in [1.807, 2.05) is 20.8 Å². The number of carbonyl (C=O) groups excluding carboxylic acids is 2. The van der Waals surface area contributed by atoms with Crippen LogP contribution in [0.2, 0.25) is 0 Å². The molecule has 1 N–H and O–H groups in total. The number of fused-ring (bicyclic) bond motifs is 1. The van der Waals surface area contributed by atoms with Gasteiger partial charge in [0.05, 0.1) is 11.5 Å². The molecule has 0 spiro atoms. The molecule has 0 aromatic carbocycles. The van der Waals surface area contributed by atoms with E-state index in [-0.39, 0.29) is 18.0 Å². The van der Waals surface area contributed by atoms with Crippen molar-refractivity contribution >= 4 is 33.6 Å². The number of thiophene rings is 1. The molecule has 2 aromatic rings. The van der Waals surface area contributed by atoms with Gasteiger partial charge in [0.2, 0.25) is 0 Å². The van der Waals surface area contributed by atoms with Crippen LogP contribution < -0.4 is 5.32 Å². The van der Waals surface area contributed by atoms with Crippen molar-refractivity contribution in [3.63, 3.8) is 0 Å². The van der Waals surface area contributed by atoms with Crippen LogP contribution in [0.5, 0.6) is 0 Å². The van der Waals surface area contributed by atoms with Crippen molar-refractivity contribution in [2.24, 2.45) is 0 Å². The van der Waals surface area contributed by atoms with Crippen LogP contribution in [0.15, 0.2) is 0 Å². The standard InChI is InChI=1S/C18H24N4O3S/c1-5-25-18(24)22-8-6-13(7-9-22)21-16(23)15-10(2)14-11(3)19-12(4)20-17(14)26-15/h13H,5-9H2,1-4H3,(H,21,23). The summed E-state index contributed by atoms with van der Waals surface area (Å²) in [5.74, 6) is 0.645. The van der Waals surface area contributed by atoms with Crippen LogP contribution in [0, 0.1) is 20.8 Å². The summed E-state index contributed by atoms with van der Waals surface area (Å²) in [5.41, 5.74) is 1.84. The maximum absolute atomic E-state index is 12.8. The quantitative estimate of drug-likeness (QED) is 0.890. The molecule has 26 heavy (non-hydrogen) atoms. The van der Waals surface area contributed by atoms with Gasteiger partial charge in [-0.05, 0) is 46.1 Å². The average Bonchev–Trinajstić information content (AvgIpc) is 2.92. The molecule has 2 amide bonds. The summed E-state index contributed by atoms with van der Waals surface area (Å²) in [6.45, 7) is 9.12. The van der Waals surface area contributed by atoms with Crippen LogP contribution >= 0.6 is 11.3 Å². The lowest BCUT2D eigenvalue weighted by atomic mass is 10.0. The van der Waals surface area contributed by atoms with Gasteiger partial charge in [-0.3, -0.25) is 4.79 Å². The van der Waals surface area contributed by atoms with Gasteiger partial charge in [0, 0.05) is 30.2 Å². The van der Waals surface area contributed by atoms with Crippen LogP contribution in [0.25, 0.3) is 10.2 Å². The predicted molar refractivity (Wildman–Crippen MR) is 101 cm³/mol. The third-order valence-electron chi connectivity index (χ3n) is 4.65. The molecule has 8 heteroatoms. The molecule has 0 saturated carbocycles. The first-order valence-corrected chi connectivity index (χ1v) is 9.69. The summed E-state index contributed by atoms with van der Waals surface area (Å²) in [7, 11) is 0. The highest BCUT2D eigenvalue weighted by atomic mass is 32.1. The number of likely N-dealkylation sites (tertiary alicyclic amines) is 1. The van der Waals surface area contributed by atoms with E-state index in [1.54, 1.807) is 11.8 Å². The largest absolute Gasteiger partial charge is 0.450 e. The zero-order valence-corrected chi connectivity index (χ0v) is 16.4. The van der Waals surface area contributed by atoms with E-state index in [9.17, 15) is 9.59 Å². The highest BCUT2D eigenvalue weighted by Crippen LogP contribution is 2.31. The molecule has 0 unspecified atom stereocenters. The van der Waals surface area contributed by atoms with Crippen LogP contribution in [0.1, 0.15) is 46.5 Å². The van der Waals surface area contributed by atoms with Crippen LogP contribution in [0.3, 0.4) is 0 Å². The highest BCUT2D eigenvalue weighted by molar-refractivity contribution is 7.20. The summed E-state index contributed by atoms with van der Waals surface area (Å²) in [6.07, 6.45) is 1.18. The fraction of sp³-hybridized carbons (Fsp3) is 0.556. The second kappa shape index (κ2) is 7.57. The van der Waals surface area contributed by atoms with Crippen molar-refractivity contribution in [3.05, 3.63) is 22.0 Å². The first kappa shape index (κ1) is 18.6. The molecule has 3 heterocycles. The maximum atomic E-state index is 12.8. The number of rotatable bonds is 3. The molecule has 7 nitrogen and oxygen atoms in total. The van der Waals surface area contributed by atoms with E-state index in [4.69, 9.17) is 4.74 Å². The number of aromatic nitrogens is 2. The number of amides is 2. The Morgan fingerprint density at radius 3 is 2.58 bits per heavy atom. The van der Waals surface area contributed by atoms with Gasteiger partial charge in [-0.15, -0.1) is 11.3 Å². The minimum atomic E-state index is -0.276. The molecule has 0 bridgehead atoms. The lowest BCUT2D eigenvalue weighted by molar-refractivity contribution is 0.0862. The average molecular weight is 376 g/mol. The lowest BCUT2D eigenvalue weighted by Gasteiger charge is -2.31. The molecule has 1 fully saturated rings. The second-order valence-corrected chi connectivity index (χ2v) is 7.53. The minimum Gasteiger partial charge on any atom is -0.450 e. The zero-order chi connectivity index (χ0) is 18.8. The van der Waals surface area contributed by atoms with Crippen molar-refractivity contribution in [2.45, 2.75) is 46.6 Å². The van der Waals surface area contributed by atoms with Crippen molar-refractivity contribution in [1.29, 1.82) is 0 Å². The van der Waals surface area contributed by atoms with Gasteiger partial charge in [0.25, 0.3) is 5.91 Å². The first-order valence-electron chi connectivity index (χ1n) is 8.87. The van der Waals surface area contributed by atoms with E-state index in [0.29, 0.717) is 24.6 Å². The molecule has 2 aromatic heterocycles. The normalized spacial score (nSPS) is 15.3. The molecule has 0 radical (unpaired) electrons. The summed E-state index contributed by atoms with van der Waals surface area (Å²) in [6, 6.07) is 0.0618. The molecule has 1 saturated heterocycles. The number of aryl methyl sites for hydroxylation is 3. The molecule has 0 aliphatic carbocycles. The maximum Gasteiger partial charge on any atom is 0.409 e. The topological polar surface area (TPSA) is 84.4 Å². The number of piperidine rings is 1. The SMILES string of the molecule is CCOC(=O)N1CCC(NC(=O)c2sc3nc(C)nc(C)c3c2C)CC1. The first-order chi connectivity index (χ1) is 12.4. The number of carbonyl (C=O) groups is 2. The minimum absolute atomic E-state index is 0.0618. The Morgan fingerprint density at radius 2 is 1.92 bits per heavy atom. The Bertz CT molecular complexity index is 841. The van der Waals surface area contributed by atoms with Crippen molar-refractivity contribution < 1.29 is 14.3 Å². The third kappa shape index (κ3) is 3.65. The Kier molecular flexibility index (Phi) is 5.41. The highest BCUT2D eigenvalue weighted by Gasteiger charge is 2.26. The van der Waals surface area contributed by atoms with Gasteiger partial charge >= 0.3 is 6.09 Å². The summed E-state index contributed by atoms with van der Waals surface area (Å²) in [4.78, 5) is 36.6. The molecule has 3 rings (SSSR count). The molecule has 1 aliphatic heterocycles. The molecule has 1 aliphatic rings. The number of nitrogens with zero attached hydrogens (tertiary/aromatic N) is 3. The van der Waals surface area contributed by atoms with E-state index >= 15 is 0 Å². The summed E-state index contributed by atoms with van der Waals surface area (Å²) in [5, 5.41) is 4.08. The van der Waals surface area contributed by atoms with Gasteiger partial charge < -0.3 is 15.0 Å². The Labute approximate surface area is 156 Å². The van der Waals surface area contributed by atoms with E-state index < -0.39 is 0 Å². The van der Waals surface area contributed by atoms with Crippen molar-refractivity contribution in [1.82, 2.24) is 20.2 Å². The van der Waals surface area contributed by atoms with Gasteiger partial charge in [0.1, 0.15) is 10.7 Å². The Hall–Kier alpha value is -2.22.